The van der Waals surface area contributed by atoms with Gasteiger partial charge in [0.25, 0.3) is 5.91 Å². The molecule has 0 unspecified atom stereocenters. The van der Waals surface area contributed by atoms with E-state index in [2.05, 4.69) is 15.9 Å². The Bertz CT molecular complexity index is 419. The Kier molecular flexibility index (Phi) is 4.49. The lowest BCUT2D eigenvalue weighted by Gasteiger charge is -2.27. The average molecular weight is 313 g/mol. The highest BCUT2D eigenvalue weighted by Gasteiger charge is 2.23. The number of nitrogens with zero attached hydrogens (tertiary/aromatic N) is 2. The van der Waals surface area contributed by atoms with Gasteiger partial charge in [-0.05, 0) is 34.8 Å². The van der Waals surface area contributed by atoms with Crippen molar-refractivity contribution in [3.63, 3.8) is 0 Å². The Labute approximate surface area is 117 Å². The van der Waals surface area contributed by atoms with E-state index in [4.69, 9.17) is 0 Å². The molecule has 1 aromatic rings. The molecule has 3 nitrogen and oxygen atoms in total. The highest BCUT2D eigenvalue weighted by Crippen LogP contribution is 2.23. The van der Waals surface area contributed by atoms with Crippen molar-refractivity contribution in [3.8, 4) is 0 Å². The topological polar surface area (TPSA) is 25.2 Å². The van der Waals surface area contributed by atoms with Gasteiger partial charge < -0.3 is 9.47 Å². The molecule has 1 aliphatic carbocycles. The second kappa shape index (κ2) is 5.91. The zero-order chi connectivity index (χ0) is 13.1. The molecule has 0 saturated heterocycles. The van der Waals surface area contributed by atoms with Gasteiger partial charge in [0, 0.05) is 30.8 Å². The van der Waals surface area contributed by atoms with Crippen LogP contribution in [0.4, 0.5) is 0 Å². The molecule has 100 valence electrons. The van der Waals surface area contributed by atoms with E-state index in [0.29, 0.717) is 6.04 Å². The summed E-state index contributed by atoms with van der Waals surface area (Å²) in [5.74, 6) is 0.134. The molecule has 4 heteroatoms. The average Bonchev–Trinajstić information content (AvgIpc) is 2.59. The van der Waals surface area contributed by atoms with Crippen LogP contribution in [0.2, 0.25) is 0 Å². The summed E-state index contributed by atoms with van der Waals surface area (Å²) in [7, 11) is 3.86. The molecule has 0 aromatic carbocycles. The van der Waals surface area contributed by atoms with Gasteiger partial charge in [-0.1, -0.05) is 25.7 Å². The minimum Gasteiger partial charge on any atom is -0.345 e. The monoisotopic (exact) mass is 312 g/mol. The second-order valence-electron chi connectivity index (χ2n) is 5.22. The lowest BCUT2D eigenvalue weighted by Crippen LogP contribution is -2.37. The van der Waals surface area contributed by atoms with Crippen LogP contribution >= 0.6 is 15.9 Å². The van der Waals surface area contributed by atoms with Crippen LogP contribution in [0.5, 0.6) is 0 Å². The molecule has 0 aliphatic heterocycles. The van der Waals surface area contributed by atoms with Crippen LogP contribution in [0, 0.1) is 0 Å². The molecule has 1 fully saturated rings. The molecule has 18 heavy (non-hydrogen) atoms. The van der Waals surface area contributed by atoms with Crippen molar-refractivity contribution in [3.05, 3.63) is 22.4 Å². The predicted molar refractivity (Wildman–Crippen MR) is 76.7 cm³/mol. The third kappa shape index (κ3) is 2.97. The molecule has 0 spiro atoms. The van der Waals surface area contributed by atoms with Crippen molar-refractivity contribution in [1.82, 2.24) is 9.47 Å². The van der Waals surface area contributed by atoms with Crippen molar-refractivity contribution in [2.45, 2.75) is 44.6 Å². The molecular formula is C14H21BrN2O. The van der Waals surface area contributed by atoms with E-state index in [0.717, 1.165) is 23.0 Å². The second-order valence-corrected chi connectivity index (χ2v) is 6.13. The first-order chi connectivity index (χ1) is 8.59. The van der Waals surface area contributed by atoms with Gasteiger partial charge in [0.05, 0.1) is 0 Å². The maximum Gasteiger partial charge on any atom is 0.270 e. The van der Waals surface area contributed by atoms with Crippen LogP contribution in [-0.2, 0) is 7.05 Å². The maximum absolute atomic E-state index is 12.5. The quantitative estimate of drug-likeness (QED) is 0.766. The normalized spacial score (nSPS) is 17.5. The zero-order valence-electron chi connectivity index (χ0n) is 11.2. The number of aromatic nitrogens is 1. The summed E-state index contributed by atoms with van der Waals surface area (Å²) in [6.45, 7) is 0. The maximum atomic E-state index is 12.5. The number of halogens is 1. The number of aryl methyl sites for hydroxylation is 1. The molecule has 2 rings (SSSR count). The van der Waals surface area contributed by atoms with Crippen LogP contribution in [0.3, 0.4) is 0 Å². The van der Waals surface area contributed by atoms with E-state index in [1.807, 2.05) is 35.8 Å². The van der Waals surface area contributed by atoms with Gasteiger partial charge in [0.2, 0.25) is 0 Å². The SMILES string of the molecule is CN(C(=O)c1cc(Br)cn1C)C1CCCCCC1. The van der Waals surface area contributed by atoms with Gasteiger partial charge in [0.15, 0.2) is 0 Å². The third-order valence-corrected chi connectivity index (χ3v) is 4.32. The largest absolute Gasteiger partial charge is 0.345 e. The number of carbonyl (C=O) groups is 1. The van der Waals surface area contributed by atoms with Crippen molar-refractivity contribution in [1.29, 1.82) is 0 Å². The summed E-state index contributed by atoms with van der Waals surface area (Å²) >= 11 is 3.42. The summed E-state index contributed by atoms with van der Waals surface area (Å²) in [5, 5.41) is 0. The number of amides is 1. The Morgan fingerprint density at radius 1 is 1.33 bits per heavy atom. The fraction of sp³-hybridized carbons (Fsp3) is 0.643. The highest BCUT2D eigenvalue weighted by molar-refractivity contribution is 9.10. The van der Waals surface area contributed by atoms with Crippen molar-refractivity contribution in [2.24, 2.45) is 7.05 Å². The van der Waals surface area contributed by atoms with E-state index in [-0.39, 0.29) is 5.91 Å². The van der Waals surface area contributed by atoms with E-state index >= 15 is 0 Å². The molecule has 1 aliphatic rings. The van der Waals surface area contributed by atoms with Crippen LogP contribution in [0.25, 0.3) is 0 Å². The summed E-state index contributed by atoms with van der Waals surface area (Å²) in [6.07, 6.45) is 9.34. The smallest absolute Gasteiger partial charge is 0.270 e. The Morgan fingerprint density at radius 2 is 1.94 bits per heavy atom. The van der Waals surface area contributed by atoms with Gasteiger partial charge in [-0.2, -0.15) is 0 Å². The van der Waals surface area contributed by atoms with Gasteiger partial charge in [0.1, 0.15) is 5.69 Å². The highest BCUT2D eigenvalue weighted by atomic mass is 79.9. The Morgan fingerprint density at radius 3 is 2.44 bits per heavy atom. The van der Waals surface area contributed by atoms with Gasteiger partial charge in [-0.3, -0.25) is 4.79 Å². The predicted octanol–water partition coefficient (Wildman–Crippen LogP) is 3.58. The molecule has 1 saturated carbocycles. The third-order valence-electron chi connectivity index (χ3n) is 3.88. The van der Waals surface area contributed by atoms with Crippen molar-refractivity contribution in [2.75, 3.05) is 7.05 Å². The summed E-state index contributed by atoms with van der Waals surface area (Å²) in [6, 6.07) is 2.31. The number of carbonyl (C=O) groups excluding carboxylic acids is 1. The fourth-order valence-corrected chi connectivity index (χ4v) is 3.25. The molecule has 0 radical (unpaired) electrons. The minimum atomic E-state index is 0.134. The van der Waals surface area contributed by atoms with E-state index in [1.54, 1.807) is 0 Å². The molecule has 1 aromatic heterocycles. The van der Waals surface area contributed by atoms with Gasteiger partial charge in [-0.25, -0.2) is 0 Å². The molecule has 0 atom stereocenters. The number of rotatable bonds is 2. The molecule has 0 N–H and O–H groups in total. The van der Waals surface area contributed by atoms with Crippen LogP contribution in [0.15, 0.2) is 16.7 Å². The van der Waals surface area contributed by atoms with E-state index < -0.39 is 0 Å². The standard InChI is InChI=1S/C14H21BrN2O/c1-16-10-11(15)9-13(16)14(18)17(2)12-7-5-3-4-6-8-12/h9-10,12H,3-8H2,1-2H3. The molecule has 1 amide bonds. The van der Waals surface area contributed by atoms with Crippen molar-refractivity contribution < 1.29 is 4.79 Å². The van der Waals surface area contributed by atoms with Crippen LogP contribution in [0.1, 0.15) is 49.0 Å². The first kappa shape index (κ1) is 13.7. The minimum absolute atomic E-state index is 0.134. The first-order valence-corrected chi connectivity index (χ1v) is 7.48. The summed E-state index contributed by atoms with van der Waals surface area (Å²) in [4.78, 5) is 14.4. The van der Waals surface area contributed by atoms with Gasteiger partial charge >= 0.3 is 0 Å². The van der Waals surface area contributed by atoms with Crippen molar-refractivity contribution >= 4 is 21.8 Å². The molecule has 0 bridgehead atoms. The van der Waals surface area contributed by atoms with E-state index in [1.165, 1.54) is 25.7 Å². The van der Waals surface area contributed by atoms with Gasteiger partial charge in [-0.15, -0.1) is 0 Å². The summed E-state index contributed by atoms with van der Waals surface area (Å²) < 4.78 is 2.85. The molecule has 1 heterocycles. The van der Waals surface area contributed by atoms with Crippen LogP contribution < -0.4 is 0 Å². The Hall–Kier alpha value is -0.770. The summed E-state index contributed by atoms with van der Waals surface area (Å²) in [5.41, 5.74) is 0.758. The lowest BCUT2D eigenvalue weighted by molar-refractivity contribution is 0.0708. The lowest BCUT2D eigenvalue weighted by atomic mass is 10.1. The fourth-order valence-electron chi connectivity index (χ4n) is 2.73. The zero-order valence-corrected chi connectivity index (χ0v) is 12.7. The van der Waals surface area contributed by atoms with Crippen LogP contribution in [-0.4, -0.2) is 28.5 Å². The number of hydrogen-bond donors (Lipinski definition) is 0. The van der Waals surface area contributed by atoms with E-state index in [9.17, 15) is 4.79 Å². The number of hydrogen-bond acceptors (Lipinski definition) is 1. The molecular weight excluding hydrogens is 292 g/mol. The Balaban J connectivity index is 2.10. The first-order valence-electron chi connectivity index (χ1n) is 6.68.